The molecule has 6 nitrogen and oxygen atoms in total. The van der Waals surface area contributed by atoms with Crippen molar-refractivity contribution in [3.05, 3.63) is 71.8 Å². The second kappa shape index (κ2) is 7.84. The van der Waals surface area contributed by atoms with E-state index in [4.69, 9.17) is 9.47 Å². The number of esters is 2. The van der Waals surface area contributed by atoms with E-state index in [1.54, 1.807) is 53.4 Å². The summed E-state index contributed by atoms with van der Waals surface area (Å²) in [5, 5.41) is 0. The summed E-state index contributed by atoms with van der Waals surface area (Å²) in [7, 11) is 0. The normalized spacial score (nSPS) is 23.8. The molecule has 2 heterocycles. The molecule has 0 N–H and O–H groups in total. The third-order valence-electron chi connectivity index (χ3n) is 5.25. The van der Waals surface area contributed by atoms with Gasteiger partial charge in [-0.1, -0.05) is 36.4 Å². The van der Waals surface area contributed by atoms with Crippen LogP contribution in [0.3, 0.4) is 0 Å². The molecule has 2 saturated heterocycles. The number of nitrogens with zero attached hydrogens (tertiary/aromatic N) is 1. The molecule has 144 valence electrons. The first-order valence-electron chi connectivity index (χ1n) is 9.45. The molecule has 0 aromatic heterocycles. The van der Waals surface area contributed by atoms with E-state index in [2.05, 4.69) is 0 Å². The summed E-state index contributed by atoms with van der Waals surface area (Å²) in [4.78, 5) is 39.1. The largest absolute Gasteiger partial charge is 0.453 e. The van der Waals surface area contributed by atoms with Crippen LogP contribution in [0.5, 0.6) is 0 Å². The highest BCUT2D eigenvalue weighted by atomic mass is 16.6. The number of piperidine rings is 1. The number of carbonyl (C=O) groups is 3. The molecule has 4 rings (SSSR count). The molecule has 28 heavy (non-hydrogen) atoms. The number of hydrogen-bond acceptors (Lipinski definition) is 5. The fraction of sp³-hybridized carbons (Fsp3) is 0.318. The maximum atomic E-state index is 12.6. The van der Waals surface area contributed by atoms with Crippen molar-refractivity contribution in [3.63, 3.8) is 0 Å². The number of ether oxygens (including phenoxy) is 2. The van der Waals surface area contributed by atoms with Crippen molar-refractivity contribution in [1.82, 2.24) is 4.90 Å². The lowest BCUT2D eigenvalue weighted by Crippen LogP contribution is -2.44. The molecule has 3 atom stereocenters. The minimum Gasteiger partial charge on any atom is -0.453 e. The Hall–Kier alpha value is -3.15. The number of amides is 1. The molecule has 2 aromatic carbocycles. The Labute approximate surface area is 163 Å². The molecule has 0 spiro atoms. The van der Waals surface area contributed by atoms with Crippen LogP contribution in [0.15, 0.2) is 60.7 Å². The third-order valence-corrected chi connectivity index (χ3v) is 5.25. The van der Waals surface area contributed by atoms with Gasteiger partial charge in [0.2, 0.25) is 5.91 Å². The monoisotopic (exact) mass is 379 g/mol. The minimum absolute atomic E-state index is 0.00951. The van der Waals surface area contributed by atoms with Crippen molar-refractivity contribution in [2.75, 3.05) is 6.54 Å². The summed E-state index contributed by atoms with van der Waals surface area (Å²) in [6.07, 6.45) is 0.559. The molecule has 0 unspecified atom stereocenters. The average molecular weight is 379 g/mol. The van der Waals surface area contributed by atoms with Crippen LogP contribution in [-0.4, -0.2) is 47.5 Å². The van der Waals surface area contributed by atoms with Crippen molar-refractivity contribution in [2.45, 2.75) is 37.5 Å². The predicted molar refractivity (Wildman–Crippen MR) is 101 cm³/mol. The quantitative estimate of drug-likeness (QED) is 0.764. The van der Waals surface area contributed by atoms with Crippen molar-refractivity contribution in [2.24, 2.45) is 0 Å². The van der Waals surface area contributed by atoms with E-state index in [0.717, 1.165) is 12.8 Å². The zero-order chi connectivity index (χ0) is 19.5. The summed E-state index contributed by atoms with van der Waals surface area (Å²) >= 11 is 0. The molecule has 1 amide bonds. The van der Waals surface area contributed by atoms with Gasteiger partial charge in [-0.15, -0.1) is 0 Å². The van der Waals surface area contributed by atoms with Gasteiger partial charge < -0.3 is 14.4 Å². The molecule has 2 aromatic rings. The number of hydrogen-bond donors (Lipinski definition) is 0. The van der Waals surface area contributed by atoms with Gasteiger partial charge in [-0.3, -0.25) is 4.79 Å². The van der Waals surface area contributed by atoms with Gasteiger partial charge in [0.1, 0.15) is 0 Å². The number of carbonyl (C=O) groups excluding carboxylic acids is 3. The summed E-state index contributed by atoms with van der Waals surface area (Å²) in [6.45, 7) is 0.245. The van der Waals surface area contributed by atoms with Crippen LogP contribution in [0, 0.1) is 0 Å². The number of fused-ring (bicyclic) bond motifs is 1. The van der Waals surface area contributed by atoms with Crippen LogP contribution in [-0.2, 0) is 14.3 Å². The lowest BCUT2D eigenvalue weighted by atomic mass is 9.99. The van der Waals surface area contributed by atoms with Crippen LogP contribution in [0.1, 0.15) is 40.0 Å². The lowest BCUT2D eigenvalue weighted by Gasteiger charge is -2.31. The Morgan fingerprint density at radius 1 is 0.857 bits per heavy atom. The van der Waals surface area contributed by atoms with Gasteiger partial charge in [0.15, 0.2) is 12.2 Å². The van der Waals surface area contributed by atoms with Crippen molar-refractivity contribution >= 4 is 17.8 Å². The van der Waals surface area contributed by atoms with Gasteiger partial charge in [-0.05, 0) is 37.1 Å². The molecule has 0 saturated carbocycles. The molecule has 2 fully saturated rings. The van der Waals surface area contributed by atoms with E-state index in [1.807, 2.05) is 12.1 Å². The van der Waals surface area contributed by atoms with Crippen molar-refractivity contribution in [1.29, 1.82) is 0 Å². The van der Waals surface area contributed by atoms with Crippen LogP contribution in [0.2, 0.25) is 0 Å². The zero-order valence-corrected chi connectivity index (χ0v) is 15.3. The van der Waals surface area contributed by atoms with E-state index in [-0.39, 0.29) is 18.5 Å². The van der Waals surface area contributed by atoms with E-state index < -0.39 is 24.1 Å². The van der Waals surface area contributed by atoms with E-state index in [1.165, 1.54) is 0 Å². The summed E-state index contributed by atoms with van der Waals surface area (Å²) in [6, 6.07) is 17.1. The maximum absolute atomic E-state index is 12.6. The van der Waals surface area contributed by atoms with Gasteiger partial charge in [0.05, 0.1) is 23.7 Å². The third kappa shape index (κ3) is 3.63. The standard InChI is InChI=1S/C22H21NO5/c24-19-13-7-12-17-20(28-22(26)16-10-5-2-6-11-16)18(14-23(17)19)27-21(25)15-8-3-1-4-9-15/h1-6,8-11,17-18,20H,7,12-14H2/t17-,18-,20-/m0/s1. The molecule has 2 aliphatic heterocycles. The van der Waals surface area contributed by atoms with Gasteiger partial charge in [-0.25, -0.2) is 9.59 Å². The highest BCUT2D eigenvalue weighted by molar-refractivity contribution is 5.90. The van der Waals surface area contributed by atoms with Crippen molar-refractivity contribution in [3.8, 4) is 0 Å². The van der Waals surface area contributed by atoms with E-state index in [0.29, 0.717) is 17.5 Å². The molecule has 2 aliphatic rings. The fourth-order valence-corrected chi connectivity index (χ4v) is 3.88. The van der Waals surface area contributed by atoms with Crippen LogP contribution >= 0.6 is 0 Å². The smallest absolute Gasteiger partial charge is 0.338 e. The molecular weight excluding hydrogens is 358 g/mol. The summed E-state index contributed by atoms with van der Waals surface area (Å²) in [5.74, 6) is -0.958. The van der Waals surface area contributed by atoms with Crippen LogP contribution in [0.4, 0.5) is 0 Å². The molecule has 6 heteroatoms. The molecule has 0 bridgehead atoms. The Morgan fingerprint density at radius 3 is 2.04 bits per heavy atom. The average Bonchev–Trinajstić information content (AvgIpc) is 3.08. The Morgan fingerprint density at radius 2 is 1.43 bits per heavy atom. The highest BCUT2D eigenvalue weighted by Gasteiger charge is 2.49. The van der Waals surface area contributed by atoms with Crippen LogP contribution < -0.4 is 0 Å². The molecule has 0 radical (unpaired) electrons. The van der Waals surface area contributed by atoms with Gasteiger partial charge in [0, 0.05) is 6.42 Å². The Bertz CT molecular complexity index is 867. The first-order chi connectivity index (χ1) is 13.6. The maximum Gasteiger partial charge on any atom is 0.338 e. The van der Waals surface area contributed by atoms with E-state index >= 15 is 0 Å². The second-order valence-corrected chi connectivity index (χ2v) is 7.05. The SMILES string of the molecule is O=C(O[C@@H]1[C@@H](OC(=O)c2ccccc2)CN2C(=O)CCC[C@@H]12)c1ccccc1. The molecular formula is C22H21NO5. The topological polar surface area (TPSA) is 72.9 Å². The first-order valence-corrected chi connectivity index (χ1v) is 9.45. The van der Waals surface area contributed by atoms with Crippen molar-refractivity contribution < 1.29 is 23.9 Å². The van der Waals surface area contributed by atoms with Gasteiger partial charge >= 0.3 is 11.9 Å². The summed E-state index contributed by atoms with van der Waals surface area (Å²) < 4.78 is 11.4. The van der Waals surface area contributed by atoms with Crippen LogP contribution in [0.25, 0.3) is 0 Å². The highest BCUT2D eigenvalue weighted by Crippen LogP contribution is 2.32. The minimum atomic E-state index is -0.688. The fourth-order valence-electron chi connectivity index (χ4n) is 3.88. The number of benzene rings is 2. The Balaban J connectivity index is 1.55. The number of rotatable bonds is 4. The Kier molecular flexibility index (Phi) is 5.10. The van der Waals surface area contributed by atoms with Gasteiger partial charge in [0.25, 0.3) is 0 Å². The van der Waals surface area contributed by atoms with E-state index in [9.17, 15) is 14.4 Å². The van der Waals surface area contributed by atoms with Gasteiger partial charge in [-0.2, -0.15) is 0 Å². The second-order valence-electron chi connectivity index (χ2n) is 7.05. The first kappa shape index (κ1) is 18.2. The zero-order valence-electron chi connectivity index (χ0n) is 15.3. The lowest BCUT2D eigenvalue weighted by molar-refractivity contribution is -0.135. The predicted octanol–water partition coefficient (Wildman–Crippen LogP) is 2.83. The molecule has 0 aliphatic carbocycles. The summed E-state index contributed by atoms with van der Waals surface area (Å²) in [5.41, 5.74) is 0.850.